The topological polar surface area (TPSA) is 95.7 Å². The number of rotatable bonds is 9. The minimum absolute atomic E-state index is 0.153. The van der Waals surface area contributed by atoms with Crippen molar-refractivity contribution in [3.8, 4) is 16.9 Å². The van der Waals surface area contributed by atoms with E-state index in [1.54, 1.807) is 13.1 Å². The molecule has 1 fully saturated rings. The number of benzene rings is 1. The number of amides is 1. The maximum absolute atomic E-state index is 11.3. The van der Waals surface area contributed by atoms with Crippen LogP contribution >= 0.6 is 11.6 Å². The Bertz CT molecular complexity index is 902. The van der Waals surface area contributed by atoms with E-state index in [0.717, 1.165) is 30.0 Å². The van der Waals surface area contributed by atoms with Gasteiger partial charge in [0.05, 0.1) is 17.7 Å². The summed E-state index contributed by atoms with van der Waals surface area (Å²) in [5, 5.41) is 3.87. The van der Waals surface area contributed by atoms with Crippen LogP contribution in [-0.4, -0.2) is 42.5 Å². The Morgan fingerprint density at radius 3 is 2.77 bits per heavy atom. The Morgan fingerprint density at radius 1 is 1.35 bits per heavy atom. The molecule has 168 valence electrons. The quantitative estimate of drug-likeness (QED) is 0.568. The van der Waals surface area contributed by atoms with Gasteiger partial charge in [-0.25, -0.2) is 9.78 Å². The molecule has 31 heavy (non-hydrogen) atoms. The lowest BCUT2D eigenvalue weighted by atomic mass is 9.95. The summed E-state index contributed by atoms with van der Waals surface area (Å²) in [6.07, 6.45) is 2.53. The van der Waals surface area contributed by atoms with Crippen molar-refractivity contribution in [3.05, 3.63) is 41.6 Å². The van der Waals surface area contributed by atoms with Gasteiger partial charge >= 0.3 is 6.09 Å². The molecule has 2 atom stereocenters. The summed E-state index contributed by atoms with van der Waals surface area (Å²) in [5.74, 6) is 1.62. The number of nitrogens with zero attached hydrogens (tertiary/aromatic N) is 1. The molecule has 1 amide bonds. The second kappa shape index (κ2) is 10.2. The van der Waals surface area contributed by atoms with E-state index in [4.69, 9.17) is 31.5 Å². The number of halogens is 1. The molecule has 2 unspecified atom stereocenters. The number of ether oxygens (including phenoxy) is 3. The van der Waals surface area contributed by atoms with Gasteiger partial charge in [0, 0.05) is 12.8 Å². The zero-order chi connectivity index (χ0) is 22.4. The van der Waals surface area contributed by atoms with Crippen LogP contribution in [0.5, 0.6) is 5.75 Å². The number of hydrogen-bond acceptors (Lipinski definition) is 6. The number of carbonyl (C=O) groups is 1. The summed E-state index contributed by atoms with van der Waals surface area (Å²) in [5.41, 5.74) is 6.35. The van der Waals surface area contributed by atoms with Crippen molar-refractivity contribution in [2.45, 2.75) is 45.3 Å². The van der Waals surface area contributed by atoms with Gasteiger partial charge in [-0.15, -0.1) is 0 Å². The van der Waals surface area contributed by atoms with Gasteiger partial charge in [0.15, 0.2) is 0 Å². The van der Waals surface area contributed by atoms with Crippen LogP contribution in [0, 0.1) is 5.92 Å². The minimum Gasteiger partial charge on any atom is -0.488 e. The third-order valence-corrected chi connectivity index (χ3v) is 5.32. The summed E-state index contributed by atoms with van der Waals surface area (Å²) in [6.45, 7) is 7.51. The van der Waals surface area contributed by atoms with Crippen LogP contribution in [-0.2, 0) is 9.47 Å². The van der Waals surface area contributed by atoms with Gasteiger partial charge in [0.25, 0.3) is 0 Å². The fourth-order valence-corrected chi connectivity index (χ4v) is 4.05. The van der Waals surface area contributed by atoms with Crippen molar-refractivity contribution in [2.75, 3.05) is 25.1 Å². The highest BCUT2D eigenvalue weighted by Crippen LogP contribution is 2.32. The maximum Gasteiger partial charge on any atom is 0.405 e. The molecule has 1 saturated heterocycles. The molecule has 0 radical (unpaired) electrons. The van der Waals surface area contributed by atoms with E-state index >= 15 is 0 Å². The SMILES string of the molecule is CC(C)CC(C)(COc1ccc(-c2ccnc(NC3CCOC3)c2)cc1Cl)OC(N)=O. The van der Waals surface area contributed by atoms with E-state index in [2.05, 4.69) is 10.3 Å². The zero-order valence-corrected chi connectivity index (χ0v) is 18.9. The maximum atomic E-state index is 11.3. The lowest BCUT2D eigenvalue weighted by Gasteiger charge is -2.30. The summed E-state index contributed by atoms with van der Waals surface area (Å²) in [6, 6.07) is 9.81. The van der Waals surface area contributed by atoms with Gasteiger partial charge in [-0.2, -0.15) is 0 Å². The van der Waals surface area contributed by atoms with Gasteiger partial charge in [-0.1, -0.05) is 31.5 Å². The van der Waals surface area contributed by atoms with Crippen molar-refractivity contribution in [2.24, 2.45) is 11.7 Å². The molecule has 0 spiro atoms. The van der Waals surface area contributed by atoms with Crippen molar-refractivity contribution in [3.63, 3.8) is 0 Å². The first-order valence-electron chi connectivity index (χ1n) is 10.5. The smallest absolute Gasteiger partial charge is 0.405 e. The molecule has 0 saturated carbocycles. The van der Waals surface area contributed by atoms with Crippen LogP contribution in [0.1, 0.15) is 33.6 Å². The second-order valence-corrected chi connectivity index (χ2v) is 8.94. The lowest BCUT2D eigenvalue weighted by molar-refractivity contribution is -0.0185. The van der Waals surface area contributed by atoms with E-state index in [1.807, 2.05) is 44.2 Å². The molecule has 3 N–H and O–H groups in total. The summed E-state index contributed by atoms with van der Waals surface area (Å²) < 4.78 is 16.6. The number of primary amides is 1. The zero-order valence-electron chi connectivity index (χ0n) is 18.2. The highest BCUT2D eigenvalue weighted by Gasteiger charge is 2.30. The molecule has 1 aliphatic heterocycles. The minimum atomic E-state index is -0.836. The van der Waals surface area contributed by atoms with Crippen LogP contribution in [0.25, 0.3) is 11.1 Å². The van der Waals surface area contributed by atoms with Crippen LogP contribution < -0.4 is 15.8 Å². The molecular weight excluding hydrogens is 418 g/mol. The molecule has 3 rings (SSSR count). The van der Waals surface area contributed by atoms with Gasteiger partial charge in [-0.05, 0) is 61.1 Å². The Labute approximate surface area is 188 Å². The van der Waals surface area contributed by atoms with Gasteiger partial charge in [-0.3, -0.25) is 0 Å². The third-order valence-electron chi connectivity index (χ3n) is 5.03. The van der Waals surface area contributed by atoms with Crippen LogP contribution in [0.2, 0.25) is 5.02 Å². The van der Waals surface area contributed by atoms with E-state index < -0.39 is 11.7 Å². The average Bonchev–Trinajstić information content (AvgIpc) is 3.19. The van der Waals surface area contributed by atoms with E-state index in [0.29, 0.717) is 29.7 Å². The lowest BCUT2D eigenvalue weighted by Crippen LogP contribution is -2.41. The highest BCUT2D eigenvalue weighted by atomic mass is 35.5. The average molecular weight is 448 g/mol. The largest absolute Gasteiger partial charge is 0.488 e. The Kier molecular flexibility index (Phi) is 7.62. The van der Waals surface area contributed by atoms with Crippen LogP contribution in [0.4, 0.5) is 10.6 Å². The molecular formula is C23H30ClN3O4. The fraction of sp³-hybridized carbons (Fsp3) is 0.478. The molecule has 1 aromatic heterocycles. The van der Waals surface area contributed by atoms with Crippen molar-refractivity contribution >= 4 is 23.5 Å². The number of anilines is 1. The first kappa shape index (κ1) is 23.2. The van der Waals surface area contributed by atoms with Gasteiger partial charge < -0.3 is 25.3 Å². The van der Waals surface area contributed by atoms with Crippen LogP contribution in [0.15, 0.2) is 36.5 Å². The third kappa shape index (κ3) is 6.74. The predicted octanol–water partition coefficient (Wildman–Crippen LogP) is 4.88. The molecule has 8 heteroatoms. The highest BCUT2D eigenvalue weighted by molar-refractivity contribution is 6.32. The number of hydrogen-bond donors (Lipinski definition) is 2. The van der Waals surface area contributed by atoms with Gasteiger partial charge in [0.1, 0.15) is 23.8 Å². The van der Waals surface area contributed by atoms with Gasteiger partial charge in [0.2, 0.25) is 0 Å². The second-order valence-electron chi connectivity index (χ2n) is 8.54. The van der Waals surface area contributed by atoms with Crippen molar-refractivity contribution < 1.29 is 19.0 Å². The van der Waals surface area contributed by atoms with Crippen molar-refractivity contribution in [1.29, 1.82) is 0 Å². The summed E-state index contributed by atoms with van der Waals surface area (Å²) in [7, 11) is 0. The molecule has 0 bridgehead atoms. The van der Waals surface area contributed by atoms with E-state index in [-0.39, 0.29) is 12.6 Å². The standard InChI is InChI=1S/C23H30ClN3O4/c1-15(2)12-23(3,31-22(25)28)14-30-20-5-4-16(10-19(20)24)17-6-8-26-21(11-17)27-18-7-9-29-13-18/h4-6,8,10-11,15,18H,7,9,12-14H2,1-3H3,(H2,25,28)(H,26,27). The van der Waals surface area contributed by atoms with Crippen molar-refractivity contribution in [1.82, 2.24) is 4.98 Å². The molecule has 2 heterocycles. The predicted molar refractivity (Wildman–Crippen MR) is 122 cm³/mol. The first-order chi connectivity index (χ1) is 14.7. The number of pyridine rings is 1. The van der Waals surface area contributed by atoms with E-state index in [1.165, 1.54) is 0 Å². The van der Waals surface area contributed by atoms with Crippen LogP contribution in [0.3, 0.4) is 0 Å². The fourth-order valence-electron chi connectivity index (χ4n) is 3.81. The summed E-state index contributed by atoms with van der Waals surface area (Å²) in [4.78, 5) is 15.7. The first-order valence-corrected chi connectivity index (χ1v) is 10.8. The molecule has 7 nitrogen and oxygen atoms in total. The molecule has 1 aliphatic rings. The molecule has 1 aromatic carbocycles. The Balaban J connectivity index is 1.70. The van der Waals surface area contributed by atoms with E-state index in [9.17, 15) is 4.79 Å². The number of nitrogens with one attached hydrogen (secondary N) is 1. The number of carbonyl (C=O) groups excluding carboxylic acids is 1. The molecule has 2 aromatic rings. The monoisotopic (exact) mass is 447 g/mol. The summed E-state index contributed by atoms with van der Waals surface area (Å²) >= 11 is 6.49. The molecule has 0 aliphatic carbocycles. The number of nitrogens with two attached hydrogens (primary N) is 1. The Hall–Kier alpha value is -2.51. The number of aromatic nitrogens is 1. The Morgan fingerprint density at radius 2 is 2.13 bits per heavy atom. The normalized spacial score (nSPS) is 17.9.